The van der Waals surface area contributed by atoms with Crippen molar-refractivity contribution in [3.63, 3.8) is 0 Å². The van der Waals surface area contributed by atoms with Gasteiger partial charge in [0.15, 0.2) is 0 Å². The number of hydrogen-bond acceptors (Lipinski definition) is 4. The highest BCUT2D eigenvalue weighted by molar-refractivity contribution is 5.89. The molecule has 0 saturated heterocycles. The van der Waals surface area contributed by atoms with E-state index >= 15 is 0 Å². The second kappa shape index (κ2) is 4.49. The van der Waals surface area contributed by atoms with Gasteiger partial charge < -0.3 is 5.21 Å². The van der Waals surface area contributed by atoms with E-state index in [-0.39, 0.29) is 0 Å². The van der Waals surface area contributed by atoms with Crippen LogP contribution in [0.4, 0.5) is 4.39 Å². The Labute approximate surface area is 107 Å². The van der Waals surface area contributed by atoms with Crippen molar-refractivity contribution in [1.82, 2.24) is 14.6 Å². The highest BCUT2D eigenvalue weighted by Gasteiger charge is 2.08. The van der Waals surface area contributed by atoms with Crippen LogP contribution in [0.1, 0.15) is 5.56 Å². The summed E-state index contributed by atoms with van der Waals surface area (Å²) in [6, 6.07) is 8.50. The number of oxime groups is 1. The van der Waals surface area contributed by atoms with E-state index in [9.17, 15) is 4.39 Å². The van der Waals surface area contributed by atoms with Gasteiger partial charge in [-0.3, -0.25) is 0 Å². The number of fused-ring (bicyclic) bond motifs is 1. The molecule has 19 heavy (non-hydrogen) atoms. The maximum absolute atomic E-state index is 12.8. The molecular weight excluding hydrogens is 247 g/mol. The number of nitrogens with zero attached hydrogens (tertiary/aromatic N) is 4. The Morgan fingerprint density at radius 1 is 1.21 bits per heavy atom. The summed E-state index contributed by atoms with van der Waals surface area (Å²) in [5, 5.41) is 15.8. The quantitative estimate of drug-likeness (QED) is 0.331. The fourth-order valence-electron chi connectivity index (χ4n) is 1.94. The predicted molar refractivity (Wildman–Crippen MR) is 67.8 cm³/mol. The standard InChI is InChI=1S/C13H9FN4O/c14-13-5-4-9(6-15-13)11-2-1-3-12-10(8-17-19)7-16-18(11)12/h1-8,19H. The largest absolute Gasteiger partial charge is 0.411 e. The van der Waals surface area contributed by atoms with Gasteiger partial charge in [-0.25, -0.2) is 9.50 Å². The van der Waals surface area contributed by atoms with Crippen LogP contribution in [0.15, 0.2) is 47.9 Å². The molecule has 3 aromatic rings. The van der Waals surface area contributed by atoms with Crippen LogP contribution < -0.4 is 0 Å². The maximum Gasteiger partial charge on any atom is 0.212 e. The molecule has 0 unspecified atom stereocenters. The van der Waals surface area contributed by atoms with Crippen molar-refractivity contribution in [1.29, 1.82) is 0 Å². The van der Waals surface area contributed by atoms with Crippen LogP contribution in [0.5, 0.6) is 0 Å². The molecule has 5 nitrogen and oxygen atoms in total. The van der Waals surface area contributed by atoms with Crippen LogP contribution in [-0.4, -0.2) is 26.0 Å². The first-order valence-electron chi connectivity index (χ1n) is 5.56. The van der Waals surface area contributed by atoms with E-state index in [4.69, 9.17) is 5.21 Å². The van der Waals surface area contributed by atoms with Crippen molar-refractivity contribution in [2.45, 2.75) is 0 Å². The van der Waals surface area contributed by atoms with E-state index < -0.39 is 5.95 Å². The van der Waals surface area contributed by atoms with Gasteiger partial charge in [0.05, 0.1) is 23.6 Å². The van der Waals surface area contributed by atoms with E-state index in [0.717, 1.165) is 16.8 Å². The van der Waals surface area contributed by atoms with Crippen LogP contribution in [0.2, 0.25) is 0 Å². The van der Waals surface area contributed by atoms with Gasteiger partial charge in [-0.1, -0.05) is 11.2 Å². The first-order chi connectivity index (χ1) is 9.29. The van der Waals surface area contributed by atoms with Crippen LogP contribution in [0.25, 0.3) is 16.8 Å². The molecule has 3 aromatic heterocycles. The average Bonchev–Trinajstić information content (AvgIpc) is 2.84. The number of aromatic nitrogens is 3. The smallest absolute Gasteiger partial charge is 0.212 e. The molecule has 0 spiro atoms. The molecule has 6 heteroatoms. The first-order valence-corrected chi connectivity index (χ1v) is 5.56. The van der Waals surface area contributed by atoms with Crippen LogP contribution in [0.3, 0.4) is 0 Å². The molecule has 0 radical (unpaired) electrons. The van der Waals surface area contributed by atoms with Gasteiger partial charge in [0.25, 0.3) is 0 Å². The van der Waals surface area contributed by atoms with Crippen molar-refractivity contribution < 1.29 is 9.60 Å². The summed E-state index contributed by atoms with van der Waals surface area (Å²) in [7, 11) is 0. The second-order valence-electron chi connectivity index (χ2n) is 3.92. The van der Waals surface area contributed by atoms with Gasteiger partial charge in [-0.05, 0) is 24.3 Å². The van der Waals surface area contributed by atoms with Crippen molar-refractivity contribution in [2.24, 2.45) is 5.16 Å². The third-order valence-corrected chi connectivity index (χ3v) is 2.79. The van der Waals surface area contributed by atoms with Gasteiger partial charge in [0.2, 0.25) is 5.95 Å². The van der Waals surface area contributed by atoms with E-state index in [0.29, 0.717) is 5.56 Å². The first kappa shape index (κ1) is 11.3. The fraction of sp³-hybridized carbons (Fsp3) is 0. The normalized spacial score (nSPS) is 11.4. The third kappa shape index (κ3) is 1.93. The lowest BCUT2D eigenvalue weighted by Gasteiger charge is -2.04. The molecule has 3 heterocycles. The molecule has 0 aliphatic heterocycles. The van der Waals surface area contributed by atoms with Gasteiger partial charge in [-0.15, -0.1) is 0 Å². The monoisotopic (exact) mass is 256 g/mol. The van der Waals surface area contributed by atoms with Crippen LogP contribution >= 0.6 is 0 Å². The van der Waals surface area contributed by atoms with Gasteiger partial charge in [0.1, 0.15) is 0 Å². The molecule has 0 aliphatic rings. The topological polar surface area (TPSA) is 62.8 Å². The van der Waals surface area contributed by atoms with Crippen molar-refractivity contribution in [3.05, 3.63) is 54.2 Å². The summed E-state index contributed by atoms with van der Waals surface area (Å²) in [6.45, 7) is 0. The summed E-state index contributed by atoms with van der Waals surface area (Å²) in [6.07, 6.45) is 4.36. The molecule has 0 bridgehead atoms. The summed E-state index contributed by atoms with van der Waals surface area (Å²) in [5.41, 5.74) is 3.02. The fourth-order valence-corrected chi connectivity index (χ4v) is 1.94. The summed E-state index contributed by atoms with van der Waals surface area (Å²) < 4.78 is 14.5. The zero-order chi connectivity index (χ0) is 13.2. The number of halogens is 1. The van der Waals surface area contributed by atoms with Gasteiger partial charge in [0, 0.05) is 17.3 Å². The van der Waals surface area contributed by atoms with Crippen LogP contribution in [-0.2, 0) is 0 Å². The Kier molecular flexibility index (Phi) is 2.68. The highest BCUT2D eigenvalue weighted by Crippen LogP contribution is 2.21. The molecule has 0 amide bonds. The van der Waals surface area contributed by atoms with E-state index in [1.54, 1.807) is 16.8 Å². The van der Waals surface area contributed by atoms with Gasteiger partial charge >= 0.3 is 0 Å². The second-order valence-corrected chi connectivity index (χ2v) is 3.92. The minimum atomic E-state index is -0.524. The minimum Gasteiger partial charge on any atom is -0.411 e. The Bertz CT molecular complexity index is 749. The van der Waals surface area contributed by atoms with E-state index in [2.05, 4.69) is 15.2 Å². The lowest BCUT2D eigenvalue weighted by Crippen LogP contribution is -1.94. The Morgan fingerprint density at radius 2 is 2.11 bits per heavy atom. The van der Waals surface area contributed by atoms with E-state index in [1.807, 2.05) is 18.2 Å². The molecular formula is C13H9FN4O. The molecule has 3 rings (SSSR count). The molecule has 1 N–H and O–H groups in total. The van der Waals surface area contributed by atoms with Crippen LogP contribution in [0, 0.1) is 5.95 Å². The number of rotatable bonds is 2. The number of pyridine rings is 2. The molecule has 0 saturated carbocycles. The summed E-state index contributed by atoms with van der Waals surface area (Å²) in [5.74, 6) is -0.524. The molecule has 0 aliphatic carbocycles. The van der Waals surface area contributed by atoms with Crippen molar-refractivity contribution in [3.8, 4) is 11.3 Å². The SMILES string of the molecule is ON=Cc1cnn2c(-c3ccc(F)nc3)cccc12. The van der Waals surface area contributed by atoms with Crippen molar-refractivity contribution >= 4 is 11.7 Å². The zero-order valence-corrected chi connectivity index (χ0v) is 9.73. The summed E-state index contributed by atoms with van der Waals surface area (Å²) in [4.78, 5) is 3.63. The van der Waals surface area contributed by atoms with Crippen molar-refractivity contribution in [2.75, 3.05) is 0 Å². The van der Waals surface area contributed by atoms with Gasteiger partial charge in [-0.2, -0.15) is 9.49 Å². The Morgan fingerprint density at radius 3 is 2.84 bits per heavy atom. The third-order valence-electron chi connectivity index (χ3n) is 2.79. The molecule has 0 fully saturated rings. The Balaban J connectivity index is 2.22. The average molecular weight is 256 g/mol. The number of hydrogen-bond donors (Lipinski definition) is 1. The predicted octanol–water partition coefficient (Wildman–Crippen LogP) is 2.34. The molecule has 0 atom stereocenters. The minimum absolute atomic E-state index is 0.524. The molecule has 94 valence electrons. The molecule has 0 aromatic carbocycles. The lowest BCUT2D eigenvalue weighted by atomic mass is 10.2. The summed E-state index contributed by atoms with van der Waals surface area (Å²) >= 11 is 0. The lowest BCUT2D eigenvalue weighted by molar-refractivity contribution is 0.322. The highest BCUT2D eigenvalue weighted by atomic mass is 19.1. The zero-order valence-electron chi connectivity index (χ0n) is 9.73. The van der Waals surface area contributed by atoms with E-state index in [1.165, 1.54) is 18.5 Å². The maximum atomic E-state index is 12.8. The Hall–Kier alpha value is -2.76.